The first-order valence-electron chi connectivity index (χ1n) is 6.57. The van der Waals surface area contributed by atoms with E-state index in [2.05, 4.69) is 4.98 Å². The Bertz CT molecular complexity index is 662. The highest BCUT2D eigenvalue weighted by Gasteiger charge is 2.11. The summed E-state index contributed by atoms with van der Waals surface area (Å²) in [5, 5.41) is 0. The molecular formula is C15H19N3O2. The van der Waals surface area contributed by atoms with Crippen molar-refractivity contribution in [3.05, 3.63) is 52.1 Å². The first-order valence-corrected chi connectivity index (χ1v) is 6.57. The Kier molecular flexibility index (Phi) is 4.20. The number of rotatable bonds is 4. The summed E-state index contributed by atoms with van der Waals surface area (Å²) in [4.78, 5) is 16.3. The molecule has 0 bridgehead atoms. The molecule has 0 aliphatic heterocycles. The highest BCUT2D eigenvalue weighted by atomic mass is 16.5. The number of nitrogens with two attached hydrogens (primary N) is 1. The number of aromatic nitrogens is 2. The molecule has 0 aliphatic carbocycles. The van der Waals surface area contributed by atoms with Gasteiger partial charge in [-0.3, -0.25) is 4.79 Å². The predicted molar refractivity (Wildman–Crippen MR) is 78.0 cm³/mol. The average molecular weight is 273 g/mol. The second kappa shape index (κ2) is 5.88. The van der Waals surface area contributed by atoms with E-state index < -0.39 is 0 Å². The molecule has 0 fully saturated rings. The van der Waals surface area contributed by atoms with Crippen LogP contribution in [0.5, 0.6) is 11.6 Å². The van der Waals surface area contributed by atoms with Crippen LogP contribution in [-0.4, -0.2) is 9.55 Å². The van der Waals surface area contributed by atoms with Gasteiger partial charge in [-0.15, -0.1) is 0 Å². The predicted octanol–water partition coefficient (Wildman–Crippen LogP) is 2.38. The van der Waals surface area contributed by atoms with E-state index in [0.29, 0.717) is 12.3 Å². The average Bonchev–Trinajstić information content (AvgIpc) is 2.43. The summed E-state index contributed by atoms with van der Waals surface area (Å²) >= 11 is 0. The zero-order valence-electron chi connectivity index (χ0n) is 12.0. The van der Waals surface area contributed by atoms with E-state index in [1.807, 2.05) is 39.0 Å². The number of aryl methyl sites for hydroxylation is 1. The van der Waals surface area contributed by atoms with Gasteiger partial charge in [-0.2, -0.15) is 0 Å². The summed E-state index contributed by atoms with van der Waals surface area (Å²) in [5.41, 5.74) is 7.27. The van der Waals surface area contributed by atoms with Crippen molar-refractivity contribution in [2.45, 2.75) is 33.4 Å². The van der Waals surface area contributed by atoms with Gasteiger partial charge in [0.15, 0.2) is 0 Å². The third kappa shape index (κ3) is 2.88. The largest absolute Gasteiger partial charge is 0.434 e. The minimum atomic E-state index is -0.236. The van der Waals surface area contributed by atoms with Gasteiger partial charge in [-0.05, 0) is 38.0 Å². The van der Waals surface area contributed by atoms with E-state index >= 15 is 0 Å². The molecule has 2 aromatic rings. The van der Waals surface area contributed by atoms with Crippen molar-refractivity contribution in [3.63, 3.8) is 0 Å². The molecule has 2 N–H and O–H groups in total. The highest BCUT2D eigenvalue weighted by Crippen LogP contribution is 2.23. The first kappa shape index (κ1) is 14.3. The fourth-order valence-corrected chi connectivity index (χ4v) is 1.87. The fourth-order valence-electron chi connectivity index (χ4n) is 1.87. The zero-order chi connectivity index (χ0) is 14.7. The van der Waals surface area contributed by atoms with Crippen molar-refractivity contribution in [1.29, 1.82) is 0 Å². The monoisotopic (exact) mass is 273 g/mol. The van der Waals surface area contributed by atoms with E-state index in [9.17, 15) is 4.79 Å². The lowest BCUT2D eigenvalue weighted by atomic mass is 10.1. The second-order valence-corrected chi connectivity index (χ2v) is 4.94. The fraction of sp³-hybridized carbons (Fsp3) is 0.333. The summed E-state index contributed by atoms with van der Waals surface area (Å²) in [6.45, 7) is 6.21. The van der Waals surface area contributed by atoms with Crippen LogP contribution in [0.25, 0.3) is 0 Å². The molecule has 1 aromatic heterocycles. The van der Waals surface area contributed by atoms with Gasteiger partial charge in [0.1, 0.15) is 5.75 Å². The van der Waals surface area contributed by atoms with Gasteiger partial charge < -0.3 is 15.0 Å². The van der Waals surface area contributed by atoms with Gasteiger partial charge in [0.25, 0.3) is 5.88 Å². The smallest absolute Gasteiger partial charge is 0.313 e. The maximum Gasteiger partial charge on any atom is 0.313 e. The Morgan fingerprint density at radius 3 is 2.80 bits per heavy atom. The van der Waals surface area contributed by atoms with Crippen LogP contribution in [0, 0.1) is 6.92 Å². The Balaban J connectivity index is 2.40. The normalized spacial score (nSPS) is 10.8. The number of hydrogen-bond donors (Lipinski definition) is 1. The molecule has 5 nitrogen and oxygen atoms in total. The Labute approximate surface area is 118 Å². The minimum Gasteiger partial charge on any atom is -0.434 e. The summed E-state index contributed by atoms with van der Waals surface area (Å²) in [6.07, 6.45) is 3.22. The van der Waals surface area contributed by atoms with Crippen LogP contribution in [0.2, 0.25) is 0 Å². The van der Waals surface area contributed by atoms with Crippen LogP contribution in [0.3, 0.4) is 0 Å². The topological polar surface area (TPSA) is 70.1 Å². The lowest BCUT2D eigenvalue weighted by molar-refractivity contribution is 0.434. The van der Waals surface area contributed by atoms with Crippen LogP contribution in [0.1, 0.15) is 31.0 Å². The minimum absolute atomic E-state index is 0.0596. The molecule has 0 unspecified atom stereocenters. The maximum atomic E-state index is 12.2. The number of hydrogen-bond acceptors (Lipinski definition) is 4. The molecule has 0 atom stereocenters. The quantitative estimate of drug-likeness (QED) is 0.928. The Morgan fingerprint density at radius 1 is 1.40 bits per heavy atom. The summed E-state index contributed by atoms with van der Waals surface area (Å²) in [7, 11) is 0. The SMILES string of the molecule is Cc1ccc(CN)cc1Oc1nccn(C(C)C)c1=O. The third-order valence-electron chi connectivity index (χ3n) is 3.09. The van der Waals surface area contributed by atoms with Crippen molar-refractivity contribution in [3.8, 4) is 11.6 Å². The lowest BCUT2D eigenvalue weighted by Crippen LogP contribution is -2.23. The van der Waals surface area contributed by atoms with Crippen LogP contribution >= 0.6 is 0 Å². The van der Waals surface area contributed by atoms with Crippen molar-refractivity contribution < 1.29 is 4.74 Å². The lowest BCUT2D eigenvalue weighted by Gasteiger charge is -2.12. The molecule has 0 radical (unpaired) electrons. The van der Waals surface area contributed by atoms with E-state index in [0.717, 1.165) is 11.1 Å². The molecule has 0 spiro atoms. The van der Waals surface area contributed by atoms with Crippen molar-refractivity contribution >= 4 is 0 Å². The Morgan fingerprint density at radius 2 is 2.15 bits per heavy atom. The van der Waals surface area contributed by atoms with E-state index in [1.165, 1.54) is 0 Å². The molecular weight excluding hydrogens is 254 g/mol. The van der Waals surface area contributed by atoms with Gasteiger partial charge >= 0.3 is 5.56 Å². The van der Waals surface area contributed by atoms with E-state index in [4.69, 9.17) is 10.5 Å². The van der Waals surface area contributed by atoms with Gasteiger partial charge in [-0.25, -0.2) is 4.98 Å². The third-order valence-corrected chi connectivity index (χ3v) is 3.09. The van der Waals surface area contributed by atoms with Crippen LogP contribution in [-0.2, 0) is 6.54 Å². The second-order valence-electron chi connectivity index (χ2n) is 4.94. The van der Waals surface area contributed by atoms with Crippen molar-refractivity contribution in [2.75, 3.05) is 0 Å². The highest BCUT2D eigenvalue weighted by molar-refractivity contribution is 5.38. The van der Waals surface area contributed by atoms with Crippen LogP contribution in [0.4, 0.5) is 0 Å². The summed E-state index contributed by atoms with van der Waals surface area (Å²) in [6, 6.07) is 5.75. The summed E-state index contributed by atoms with van der Waals surface area (Å²) < 4.78 is 7.26. The molecule has 0 saturated heterocycles. The molecule has 20 heavy (non-hydrogen) atoms. The van der Waals surface area contributed by atoms with Crippen LogP contribution in [0.15, 0.2) is 35.4 Å². The standard InChI is InChI=1S/C15H19N3O2/c1-10(2)18-7-6-17-14(15(18)19)20-13-8-12(9-16)5-4-11(13)3/h4-8,10H,9,16H2,1-3H3. The first-order chi connectivity index (χ1) is 9.52. The molecule has 1 aromatic carbocycles. The van der Waals surface area contributed by atoms with Crippen molar-refractivity contribution in [1.82, 2.24) is 9.55 Å². The number of benzene rings is 1. The zero-order valence-corrected chi connectivity index (χ0v) is 12.0. The van der Waals surface area contributed by atoms with Crippen LogP contribution < -0.4 is 16.0 Å². The molecule has 0 aliphatic rings. The molecule has 0 saturated carbocycles. The molecule has 0 amide bonds. The molecule has 5 heteroatoms. The van der Waals surface area contributed by atoms with Gasteiger partial charge in [0.2, 0.25) is 0 Å². The molecule has 2 rings (SSSR count). The van der Waals surface area contributed by atoms with E-state index in [1.54, 1.807) is 17.0 Å². The Hall–Kier alpha value is -2.14. The van der Waals surface area contributed by atoms with Gasteiger partial charge in [-0.1, -0.05) is 12.1 Å². The maximum absolute atomic E-state index is 12.2. The summed E-state index contributed by atoms with van der Waals surface area (Å²) in [5.74, 6) is 0.692. The number of nitrogens with zero attached hydrogens (tertiary/aromatic N) is 2. The molecule has 106 valence electrons. The number of ether oxygens (including phenoxy) is 1. The van der Waals surface area contributed by atoms with Gasteiger partial charge in [0, 0.05) is 25.0 Å². The van der Waals surface area contributed by atoms with Gasteiger partial charge in [0.05, 0.1) is 0 Å². The van der Waals surface area contributed by atoms with E-state index in [-0.39, 0.29) is 17.5 Å². The van der Waals surface area contributed by atoms with Crippen molar-refractivity contribution in [2.24, 2.45) is 5.73 Å². The molecule has 1 heterocycles.